The third kappa shape index (κ3) is 3.51. The van der Waals surface area contributed by atoms with E-state index >= 15 is 0 Å². The van der Waals surface area contributed by atoms with Crippen LogP contribution in [0.4, 0.5) is 4.79 Å². The molecule has 5 heterocycles. The van der Waals surface area contributed by atoms with E-state index in [9.17, 15) is 9.59 Å². The number of aromatic nitrogens is 7. The lowest BCUT2D eigenvalue weighted by atomic mass is 10.0. The van der Waals surface area contributed by atoms with Gasteiger partial charge in [-0.15, -0.1) is 0 Å². The molecule has 12 heteroatoms. The predicted octanol–water partition coefficient (Wildman–Crippen LogP) is 1.96. The van der Waals surface area contributed by atoms with Gasteiger partial charge >= 0.3 is 11.8 Å². The number of hydrogen-bond acceptors (Lipinski definition) is 7. The summed E-state index contributed by atoms with van der Waals surface area (Å²) in [5.74, 6) is 0.661. The highest BCUT2D eigenvalue weighted by Crippen LogP contribution is 2.31. The predicted molar refractivity (Wildman–Crippen MR) is 127 cm³/mol. The van der Waals surface area contributed by atoms with Crippen LogP contribution in [0, 0.1) is 0 Å². The molecule has 1 amide bonds. The van der Waals surface area contributed by atoms with Crippen LogP contribution in [-0.4, -0.2) is 63.2 Å². The molecule has 6 rings (SSSR count). The number of hydrogen-bond donors (Lipinski definition) is 2. The second kappa shape index (κ2) is 8.02. The summed E-state index contributed by atoms with van der Waals surface area (Å²) in [7, 11) is 1.73. The molecule has 1 saturated heterocycles. The Morgan fingerprint density at radius 2 is 2.00 bits per heavy atom. The summed E-state index contributed by atoms with van der Waals surface area (Å²) in [5.41, 5.74) is 6.38. The SMILES string of the molecule is Cn1c(=O)n([C@H]2CCN(NC(=O)O)C2)c2c3cc(-c4ccc(-n5cncn5)nc4)ccc3ncc21. The Hall–Kier alpha value is -4.58. The molecule has 1 fully saturated rings. The van der Waals surface area contributed by atoms with E-state index < -0.39 is 6.09 Å². The zero-order valence-corrected chi connectivity index (χ0v) is 18.7. The number of amides is 1. The molecule has 1 aliphatic rings. The van der Waals surface area contributed by atoms with Crippen LogP contribution in [-0.2, 0) is 7.05 Å². The van der Waals surface area contributed by atoms with Crippen molar-refractivity contribution in [2.45, 2.75) is 12.5 Å². The Labute approximate surface area is 198 Å². The number of nitrogens with zero attached hydrogens (tertiary/aromatic N) is 8. The first-order valence-corrected chi connectivity index (χ1v) is 11.1. The van der Waals surface area contributed by atoms with Crippen LogP contribution in [0.15, 0.2) is 60.2 Å². The van der Waals surface area contributed by atoms with E-state index in [-0.39, 0.29) is 11.7 Å². The number of carbonyl (C=O) groups is 1. The molecule has 0 unspecified atom stereocenters. The molecule has 0 bridgehead atoms. The van der Waals surface area contributed by atoms with Crippen LogP contribution in [0.3, 0.4) is 0 Å². The Morgan fingerprint density at radius 3 is 2.74 bits per heavy atom. The molecule has 1 aromatic carbocycles. The molecule has 176 valence electrons. The lowest BCUT2D eigenvalue weighted by molar-refractivity contribution is 0.151. The maximum absolute atomic E-state index is 13.3. The van der Waals surface area contributed by atoms with E-state index in [4.69, 9.17) is 5.11 Å². The topological polar surface area (TPSA) is 136 Å². The highest BCUT2D eigenvalue weighted by Gasteiger charge is 2.29. The molecule has 1 atom stereocenters. The molecular weight excluding hydrogens is 450 g/mol. The molecule has 12 nitrogen and oxygen atoms in total. The van der Waals surface area contributed by atoms with E-state index in [0.29, 0.717) is 25.3 Å². The minimum atomic E-state index is -1.11. The first-order valence-electron chi connectivity index (χ1n) is 11.1. The first kappa shape index (κ1) is 21.0. The number of imidazole rings is 1. The molecule has 2 N–H and O–H groups in total. The second-order valence-electron chi connectivity index (χ2n) is 8.49. The third-order valence-corrected chi connectivity index (χ3v) is 6.43. The zero-order chi connectivity index (χ0) is 24.1. The van der Waals surface area contributed by atoms with Crippen molar-refractivity contribution < 1.29 is 9.90 Å². The van der Waals surface area contributed by atoms with Crippen LogP contribution in [0.25, 0.3) is 38.9 Å². The van der Waals surface area contributed by atoms with Gasteiger partial charge in [0.15, 0.2) is 5.82 Å². The van der Waals surface area contributed by atoms with Crippen LogP contribution >= 0.6 is 0 Å². The quantitative estimate of drug-likeness (QED) is 0.406. The van der Waals surface area contributed by atoms with Gasteiger partial charge in [0, 0.05) is 37.3 Å². The normalized spacial score (nSPS) is 16.3. The van der Waals surface area contributed by atoms with E-state index in [1.54, 1.807) is 44.6 Å². The van der Waals surface area contributed by atoms with Crippen LogP contribution < -0.4 is 11.1 Å². The smallest absolute Gasteiger partial charge is 0.419 e. The molecule has 0 radical (unpaired) electrons. The summed E-state index contributed by atoms with van der Waals surface area (Å²) >= 11 is 0. The lowest BCUT2D eigenvalue weighted by Gasteiger charge is -2.16. The second-order valence-corrected chi connectivity index (χ2v) is 8.49. The fourth-order valence-corrected chi connectivity index (χ4v) is 4.75. The maximum atomic E-state index is 13.3. The fraction of sp³-hybridized carbons (Fsp3) is 0.217. The molecular formula is C23H21N9O3. The molecule has 35 heavy (non-hydrogen) atoms. The Balaban J connectivity index is 1.46. The van der Waals surface area contributed by atoms with Gasteiger partial charge in [-0.25, -0.2) is 29.2 Å². The minimum absolute atomic E-state index is 0.152. The molecule has 4 aromatic heterocycles. The molecule has 0 aliphatic carbocycles. The molecule has 5 aromatic rings. The number of fused-ring (bicyclic) bond motifs is 3. The monoisotopic (exact) mass is 471 g/mol. The van der Waals surface area contributed by atoms with Crippen molar-refractivity contribution in [2.75, 3.05) is 13.1 Å². The Kier molecular flexibility index (Phi) is 4.81. The standard InChI is InChI=1S/C23H21N9O3/c1-29-19-10-25-18-4-2-14(15-3-5-20(26-9-15)31-13-24-12-27-31)8-17(18)21(19)32(23(29)35)16-6-7-30(11-16)28-22(33)34/h2-5,8-10,12-13,16,28H,6-7,11H2,1H3,(H,33,34)/t16-/m0/s1. The average Bonchev–Trinajstić information content (AvgIpc) is 3.60. The van der Waals surface area contributed by atoms with Crippen LogP contribution in [0.2, 0.25) is 0 Å². The van der Waals surface area contributed by atoms with Gasteiger partial charge in [-0.3, -0.25) is 19.5 Å². The summed E-state index contributed by atoms with van der Waals surface area (Å²) < 4.78 is 4.96. The van der Waals surface area contributed by atoms with Crippen molar-refractivity contribution in [3.8, 4) is 16.9 Å². The lowest BCUT2D eigenvalue weighted by Crippen LogP contribution is -2.40. The molecule has 1 aliphatic heterocycles. The number of carboxylic acid groups (broad SMARTS) is 1. The number of rotatable bonds is 4. The van der Waals surface area contributed by atoms with Gasteiger partial charge in [-0.1, -0.05) is 6.07 Å². The minimum Gasteiger partial charge on any atom is -0.464 e. The number of benzene rings is 1. The van der Waals surface area contributed by atoms with Crippen molar-refractivity contribution in [3.05, 3.63) is 65.9 Å². The number of nitrogens with one attached hydrogen (secondary N) is 1. The van der Waals surface area contributed by atoms with Crippen LogP contribution in [0.1, 0.15) is 12.5 Å². The largest absolute Gasteiger partial charge is 0.464 e. The summed E-state index contributed by atoms with van der Waals surface area (Å²) in [6, 6.07) is 9.60. The van der Waals surface area contributed by atoms with Gasteiger partial charge in [0.1, 0.15) is 12.7 Å². The van der Waals surface area contributed by atoms with Crippen molar-refractivity contribution >= 4 is 28.0 Å². The molecule has 0 spiro atoms. The van der Waals surface area contributed by atoms with Gasteiger partial charge in [0.25, 0.3) is 0 Å². The highest BCUT2D eigenvalue weighted by atomic mass is 16.4. The van der Waals surface area contributed by atoms with E-state index in [1.165, 1.54) is 6.33 Å². The van der Waals surface area contributed by atoms with Gasteiger partial charge in [0.2, 0.25) is 0 Å². The fourth-order valence-electron chi connectivity index (χ4n) is 4.75. The van der Waals surface area contributed by atoms with Crippen molar-refractivity contribution in [1.82, 2.24) is 44.3 Å². The van der Waals surface area contributed by atoms with Crippen LogP contribution in [0.5, 0.6) is 0 Å². The van der Waals surface area contributed by atoms with Crippen molar-refractivity contribution in [1.29, 1.82) is 0 Å². The number of pyridine rings is 2. The van der Waals surface area contributed by atoms with E-state index in [1.807, 2.05) is 30.3 Å². The average molecular weight is 471 g/mol. The maximum Gasteiger partial charge on any atom is 0.419 e. The van der Waals surface area contributed by atoms with Gasteiger partial charge < -0.3 is 5.11 Å². The van der Waals surface area contributed by atoms with Gasteiger partial charge in [-0.2, -0.15) is 5.10 Å². The van der Waals surface area contributed by atoms with Gasteiger partial charge in [-0.05, 0) is 36.2 Å². The number of hydrazine groups is 1. The number of aryl methyl sites for hydroxylation is 1. The summed E-state index contributed by atoms with van der Waals surface area (Å²) in [6.45, 7) is 0.931. The highest BCUT2D eigenvalue weighted by molar-refractivity contribution is 6.04. The molecule has 0 saturated carbocycles. The van der Waals surface area contributed by atoms with Crippen molar-refractivity contribution in [3.63, 3.8) is 0 Å². The Morgan fingerprint density at radius 1 is 1.14 bits per heavy atom. The summed E-state index contributed by atoms with van der Waals surface area (Å²) in [6.07, 6.45) is 6.07. The van der Waals surface area contributed by atoms with E-state index in [2.05, 4.69) is 25.5 Å². The van der Waals surface area contributed by atoms with Gasteiger partial charge in [0.05, 0.1) is 28.8 Å². The van der Waals surface area contributed by atoms with E-state index in [0.717, 1.165) is 33.1 Å². The summed E-state index contributed by atoms with van der Waals surface area (Å²) in [5, 5.41) is 15.6. The summed E-state index contributed by atoms with van der Waals surface area (Å²) in [4.78, 5) is 37.4. The van der Waals surface area contributed by atoms with Crippen molar-refractivity contribution in [2.24, 2.45) is 7.05 Å². The third-order valence-electron chi connectivity index (χ3n) is 6.43. The first-order chi connectivity index (χ1) is 17.0. The Bertz CT molecular complexity index is 1620. The zero-order valence-electron chi connectivity index (χ0n) is 18.7.